The standard InChI is InChI=1S/C16H23ClN2O3/c1-11(10-19-6-4-18-5-7-19)16(20)12-8-15(22-3)13(17)9-14(12)21-2/h8-9,11,18H,4-7,10H2,1-3H3. The zero-order valence-corrected chi connectivity index (χ0v) is 14.1. The monoisotopic (exact) mass is 326 g/mol. The number of piperazine rings is 1. The third-order valence-electron chi connectivity index (χ3n) is 3.93. The molecule has 122 valence electrons. The van der Waals surface area contributed by atoms with E-state index < -0.39 is 0 Å². The summed E-state index contributed by atoms with van der Waals surface area (Å²) in [6, 6.07) is 3.29. The Morgan fingerprint density at radius 2 is 1.91 bits per heavy atom. The van der Waals surface area contributed by atoms with E-state index in [1.54, 1.807) is 12.1 Å². The smallest absolute Gasteiger partial charge is 0.170 e. The first-order chi connectivity index (χ1) is 10.6. The molecule has 1 N–H and O–H groups in total. The summed E-state index contributed by atoms with van der Waals surface area (Å²) in [6.45, 7) is 6.58. The Bertz CT molecular complexity index is 530. The van der Waals surface area contributed by atoms with Crippen molar-refractivity contribution in [3.05, 3.63) is 22.7 Å². The van der Waals surface area contributed by atoms with Gasteiger partial charge in [0.15, 0.2) is 5.78 Å². The van der Waals surface area contributed by atoms with Gasteiger partial charge in [0.2, 0.25) is 0 Å². The average molecular weight is 327 g/mol. The van der Waals surface area contributed by atoms with Crippen LogP contribution < -0.4 is 14.8 Å². The van der Waals surface area contributed by atoms with Gasteiger partial charge in [0.1, 0.15) is 11.5 Å². The summed E-state index contributed by atoms with van der Waals surface area (Å²) in [5.74, 6) is 0.909. The number of ketones is 1. The van der Waals surface area contributed by atoms with Gasteiger partial charge in [-0.2, -0.15) is 0 Å². The van der Waals surface area contributed by atoms with Crippen molar-refractivity contribution >= 4 is 17.4 Å². The fourth-order valence-corrected chi connectivity index (χ4v) is 2.91. The number of nitrogens with one attached hydrogen (secondary N) is 1. The first-order valence-corrected chi connectivity index (χ1v) is 7.83. The number of hydrogen-bond donors (Lipinski definition) is 1. The van der Waals surface area contributed by atoms with Crippen molar-refractivity contribution in [2.24, 2.45) is 5.92 Å². The second-order valence-electron chi connectivity index (χ2n) is 5.50. The largest absolute Gasteiger partial charge is 0.496 e. The Balaban J connectivity index is 2.16. The maximum atomic E-state index is 12.8. The molecule has 2 rings (SSSR count). The van der Waals surface area contributed by atoms with Crippen molar-refractivity contribution in [3.8, 4) is 11.5 Å². The van der Waals surface area contributed by atoms with E-state index in [4.69, 9.17) is 21.1 Å². The van der Waals surface area contributed by atoms with Crippen molar-refractivity contribution < 1.29 is 14.3 Å². The highest BCUT2D eigenvalue weighted by molar-refractivity contribution is 6.32. The van der Waals surface area contributed by atoms with Gasteiger partial charge in [-0.25, -0.2) is 0 Å². The lowest BCUT2D eigenvalue weighted by molar-refractivity contribution is 0.0884. The summed E-state index contributed by atoms with van der Waals surface area (Å²) in [5.41, 5.74) is 0.520. The summed E-state index contributed by atoms with van der Waals surface area (Å²) in [4.78, 5) is 15.1. The van der Waals surface area contributed by atoms with Crippen LogP contribution in [0.4, 0.5) is 0 Å². The minimum absolute atomic E-state index is 0.0466. The number of nitrogens with zero attached hydrogens (tertiary/aromatic N) is 1. The Morgan fingerprint density at radius 3 is 2.50 bits per heavy atom. The molecule has 6 heteroatoms. The van der Waals surface area contributed by atoms with Crippen molar-refractivity contribution in [3.63, 3.8) is 0 Å². The van der Waals surface area contributed by atoms with Crippen LogP contribution in [0.5, 0.6) is 11.5 Å². The number of benzene rings is 1. The van der Waals surface area contributed by atoms with Gasteiger partial charge in [0.25, 0.3) is 0 Å². The molecule has 1 heterocycles. The highest BCUT2D eigenvalue weighted by Crippen LogP contribution is 2.33. The molecular formula is C16H23ClN2O3. The fourth-order valence-electron chi connectivity index (χ4n) is 2.68. The third-order valence-corrected chi connectivity index (χ3v) is 4.22. The number of ether oxygens (including phenoxy) is 2. The van der Waals surface area contributed by atoms with Gasteiger partial charge >= 0.3 is 0 Å². The van der Waals surface area contributed by atoms with Crippen molar-refractivity contribution in [1.29, 1.82) is 0 Å². The van der Waals surface area contributed by atoms with Gasteiger partial charge in [-0.15, -0.1) is 0 Å². The number of Topliss-reactive ketones (excluding diaryl/α,β-unsaturated/α-hetero) is 1. The summed E-state index contributed by atoms with van der Waals surface area (Å²) >= 11 is 6.09. The zero-order valence-electron chi connectivity index (χ0n) is 13.3. The van der Waals surface area contributed by atoms with E-state index in [2.05, 4.69) is 10.2 Å². The predicted molar refractivity (Wildman–Crippen MR) is 87.4 cm³/mol. The van der Waals surface area contributed by atoms with Crippen LogP contribution in [0.15, 0.2) is 12.1 Å². The normalized spacial score (nSPS) is 17.1. The molecule has 0 spiro atoms. The molecule has 0 bridgehead atoms. The van der Waals surface area contributed by atoms with Gasteiger partial charge < -0.3 is 19.7 Å². The van der Waals surface area contributed by atoms with E-state index in [0.717, 1.165) is 32.7 Å². The van der Waals surface area contributed by atoms with E-state index in [1.165, 1.54) is 14.2 Å². The lowest BCUT2D eigenvalue weighted by Gasteiger charge is -2.29. The molecule has 1 aromatic rings. The highest BCUT2D eigenvalue weighted by Gasteiger charge is 2.24. The van der Waals surface area contributed by atoms with Crippen LogP contribution in [-0.2, 0) is 0 Å². The van der Waals surface area contributed by atoms with Crippen LogP contribution in [0.1, 0.15) is 17.3 Å². The van der Waals surface area contributed by atoms with Gasteiger partial charge in [-0.3, -0.25) is 4.79 Å². The maximum absolute atomic E-state index is 12.8. The Labute approximate surface area is 136 Å². The predicted octanol–water partition coefficient (Wildman–Crippen LogP) is 2.08. The van der Waals surface area contributed by atoms with E-state index >= 15 is 0 Å². The van der Waals surface area contributed by atoms with Crippen molar-refractivity contribution in [2.75, 3.05) is 46.9 Å². The SMILES string of the molecule is COc1cc(C(=O)C(C)CN2CCNCC2)c(OC)cc1Cl. The molecule has 5 nitrogen and oxygen atoms in total. The summed E-state index contributed by atoms with van der Waals surface area (Å²) in [6.07, 6.45) is 0. The number of carbonyl (C=O) groups is 1. The number of carbonyl (C=O) groups excluding carboxylic acids is 1. The van der Waals surface area contributed by atoms with E-state index in [9.17, 15) is 4.79 Å². The molecule has 0 aromatic heterocycles. The second-order valence-corrected chi connectivity index (χ2v) is 5.91. The van der Waals surface area contributed by atoms with Gasteiger partial charge in [-0.1, -0.05) is 18.5 Å². The van der Waals surface area contributed by atoms with Gasteiger partial charge in [0.05, 0.1) is 24.8 Å². The second kappa shape index (κ2) is 7.81. The van der Waals surface area contributed by atoms with Crippen LogP contribution in [-0.4, -0.2) is 57.6 Å². The van der Waals surface area contributed by atoms with Gasteiger partial charge in [-0.05, 0) is 6.07 Å². The lowest BCUT2D eigenvalue weighted by Crippen LogP contribution is -2.45. The first kappa shape index (κ1) is 17.1. The van der Waals surface area contributed by atoms with E-state index in [0.29, 0.717) is 22.1 Å². The summed E-state index contributed by atoms with van der Waals surface area (Å²) < 4.78 is 10.5. The Hall–Kier alpha value is -1.30. The first-order valence-electron chi connectivity index (χ1n) is 7.45. The van der Waals surface area contributed by atoms with Gasteiger partial charge in [0, 0.05) is 44.7 Å². The molecule has 1 unspecified atom stereocenters. The lowest BCUT2D eigenvalue weighted by atomic mass is 9.97. The number of hydrogen-bond acceptors (Lipinski definition) is 5. The third kappa shape index (κ3) is 3.91. The molecule has 1 aromatic carbocycles. The maximum Gasteiger partial charge on any atom is 0.170 e. The molecule has 1 saturated heterocycles. The summed E-state index contributed by atoms with van der Waals surface area (Å²) in [7, 11) is 3.07. The molecule has 1 aliphatic rings. The molecular weight excluding hydrogens is 304 g/mol. The van der Waals surface area contributed by atoms with Crippen LogP contribution in [0.3, 0.4) is 0 Å². The van der Waals surface area contributed by atoms with Crippen LogP contribution in [0.2, 0.25) is 5.02 Å². The molecule has 0 amide bonds. The molecule has 0 aliphatic carbocycles. The minimum atomic E-state index is -0.113. The fraction of sp³-hybridized carbons (Fsp3) is 0.562. The molecule has 1 fully saturated rings. The molecule has 1 atom stereocenters. The topological polar surface area (TPSA) is 50.8 Å². The molecule has 0 saturated carbocycles. The molecule has 22 heavy (non-hydrogen) atoms. The van der Waals surface area contributed by atoms with Crippen LogP contribution in [0.25, 0.3) is 0 Å². The highest BCUT2D eigenvalue weighted by atomic mass is 35.5. The molecule has 0 radical (unpaired) electrons. The van der Waals surface area contributed by atoms with E-state index in [-0.39, 0.29) is 11.7 Å². The number of rotatable bonds is 6. The molecule has 1 aliphatic heterocycles. The number of methoxy groups -OCH3 is 2. The van der Waals surface area contributed by atoms with Crippen molar-refractivity contribution in [2.45, 2.75) is 6.92 Å². The Kier molecular flexibility index (Phi) is 6.06. The van der Waals surface area contributed by atoms with Crippen LogP contribution >= 0.6 is 11.6 Å². The number of halogens is 1. The Morgan fingerprint density at radius 1 is 1.27 bits per heavy atom. The van der Waals surface area contributed by atoms with Crippen molar-refractivity contribution in [1.82, 2.24) is 10.2 Å². The van der Waals surface area contributed by atoms with E-state index in [1.807, 2.05) is 6.92 Å². The minimum Gasteiger partial charge on any atom is -0.496 e. The quantitative estimate of drug-likeness (QED) is 0.811. The average Bonchev–Trinajstić information content (AvgIpc) is 2.54. The summed E-state index contributed by atoms with van der Waals surface area (Å²) in [5, 5.41) is 3.75. The zero-order chi connectivity index (χ0) is 16.1. The van der Waals surface area contributed by atoms with Crippen LogP contribution in [0, 0.1) is 5.92 Å².